The van der Waals surface area contributed by atoms with Crippen molar-refractivity contribution < 1.29 is 9.90 Å². The molecule has 1 aromatic carbocycles. The predicted octanol–water partition coefficient (Wildman–Crippen LogP) is 1.71. The van der Waals surface area contributed by atoms with Crippen LogP contribution in [0.2, 0.25) is 0 Å². The maximum atomic E-state index is 11.2. The summed E-state index contributed by atoms with van der Waals surface area (Å²) in [5.74, 6) is -0.671. The van der Waals surface area contributed by atoms with E-state index >= 15 is 0 Å². The van der Waals surface area contributed by atoms with Crippen LogP contribution in [-0.4, -0.2) is 31.3 Å². The minimum atomic E-state index is -0.801. The van der Waals surface area contributed by atoms with Gasteiger partial charge in [0.25, 0.3) is 0 Å². The van der Waals surface area contributed by atoms with E-state index < -0.39 is 11.9 Å². The van der Waals surface area contributed by atoms with Gasteiger partial charge in [0.1, 0.15) is 0 Å². The standard InChI is InChI=1S/C13H16N4O2/c1-2-6-10(13(18)19)9-12-14-15-16-17(12)11-7-4-3-5-8-11/h3-5,7-8,10H,2,6,9H2,1H3,(H,18,19). The molecule has 0 bridgehead atoms. The van der Waals surface area contributed by atoms with Crippen LogP contribution in [0.4, 0.5) is 0 Å². The summed E-state index contributed by atoms with van der Waals surface area (Å²) in [6.45, 7) is 1.97. The lowest BCUT2D eigenvalue weighted by Gasteiger charge is -2.10. The van der Waals surface area contributed by atoms with Crippen LogP contribution < -0.4 is 0 Å². The summed E-state index contributed by atoms with van der Waals surface area (Å²) in [5, 5.41) is 20.7. The monoisotopic (exact) mass is 260 g/mol. The van der Waals surface area contributed by atoms with Gasteiger partial charge in [0.05, 0.1) is 11.6 Å². The average molecular weight is 260 g/mol. The molecule has 0 saturated heterocycles. The van der Waals surface area contributed by atoms with E-state index in [9.17, 15) is 9.90 Å². The van der Waals surface area contributed by atoms with E-state index in [0.717, 1.165) is 12.1 Å². The highest BCUT2D eigenvalue weighted by atomic mass is 16.4. The first kappa shape index (κ1) is 13.2. The molecule has 2 aromatic rings. The minimum absolute atomic E-state index is 0.338. The number of hydrogen-bond acceptors (Lipinski definition) is 4. The Bertz CT molecular complexity index is 539. The second kappa shape index (κ2) is 6.08. The van der Waals surface area contributed by atoms with Crippen molar-refractivity contribution in [2.24, 2.45) is 5.92 Å². The average Bonchev–Trinajstić information content (AvgIpc) is 2.87. The smallest absolute Gasteiger partial charge is 0.306 e. The Labute approximate surface area is 111 Å². The van der Waals surface area contributed by atoms with E-state index in [2.05, 4.69) is 15.5 Å². The fourth-order valence-corrected chi connectivity index (χ4v) is 1.98. The van der Waals surface area contributed by atoms with Gasteiger partial charge in [-0.05, 0) is 29.0 Å². The Kier molecular flexibility index (Phi) is 4.22. The number of carboxylic acids is 1. The van der Waals surface area contributed by atoms with Crippen molar-refractivity contribution >= 4 is 5.97 Å². The molecule has 0 aliphatic carbocycles. The van der Waals surface area contributed by atoms with Crippen LogP contribution in [-0.2, 0) is 11.2 Å². The first-order valence-electron chi connectivity index (χ1n) is 6.28. The van der Waals surface area contributed by atoms with Crippen LogP contribution in [0.15, 0.2) is 30.3 Å². The van der Waals surface area contributed by atoms with Crippen LogP contribution in [0, 0.1) is 5.92 Å². The van der Waals surface area contributed by atoms with Crippen LogP contribution in [0.3, 0.4) is 0 Å². The zero-order valence-corrected chi connectivity index (χ0v) is 10.7. The van der Waals surface area contributed by atoms with Crippen LogP contribution in [0.5, 0.6) is 0 Å². The van der Waals surface area contributed by atoms with Crippen molar-refractivity contribution in [1.29, 1.82) is 0 Å². The third-order valence-electron chi connectivity index (χ3n) is 2.95. The molecular weight excluding hydrogens is 244 g/mol. The van der Waals surface area contributed by atoms with E-state index in [0.29, 0.717) is 18.7 Å². The second-order valence-electron chi connectivity index (χ2n) is 4.37. The molecule has 100 valence electrons. The Balaban J connectivity index is 2.22. The number of rotatable bonds is 6. The Morgan fingerprint density at radius 2 is 2.11 bits per heavy atom. The maximum Gasteiger partial charge on any atom is 0.306 e. The zero-order chi connectivity index (χ0) is 13.7. The quantitative estimate of drug-likeness (QED) is 0.855. The van der Waals surface area contributed by atoms with Crippen LogP contribution in [0.25, 0.3) is 5.69 Å². The number of hydrogen-bond donors (Lipinski definition) is 1. The highest BCUT2D eigenvalue weighted by Gasteiger charge is 2.21. The Morgan fingerprint density at radius 1 is 1.37 bits per heavy atom. The lowest BCUT2D eigenvalue weighted by Crippen LogP contribution is -2.18. The molecule has 0 saturated carbocycles. The first-order chi connectivity index (χ1) is 9.22. The van der Waals surface area contributed by atoms with Gasteiger partial charge in [0.2, 0.25) is 0 Å². The zero-order valence-electron chi connectivity index (χ0n) is 10.7. The molecule has 6 nitrogen and oxygen atoms in total. The molecule has 0 spiro atoms. The van der Waals surface area contributed by atoms with Gasteiger partial charge in [-0.1, -0.05) is 31.5 Å². The topological polar surface area (TPSA) is 80.9 Å². The number of tetrazole rings is 1. The second-order valence-corrected chi connectivity index (χ2v) is 4.37. The van der Waals surface area contributed by atoms with E-state index in [1.807, 2.05) is 37.3 Å². The number of aromatic nitrogens is 4. The lowest BCUT2D eigenvalue weighted by molar-refractivity contribution is -0.142. The molecule has 6 heteroatoms. The molecule has 1 unspecified atom stereocenters. The third kappa shape index (κ3) is 3.15. The molecule has 0 radical (unpaired) electrons. The van der Waals surface area contributed by atoms with Gasteiger partial charge in [0, 0.05) is 6.42 Å². The Hall–Kier alpha value is -2.24. The third-order valence-corrected chi connectivity index (χ3v) is 2.95. The van der Waals surface area contributed by atoms with E-state index in [1.165, 1.54) is 0 Å². The van der Waals surface area contributed by atoms with Crippen molar-refractivity contribution in [3.8, 4) is 5.69 Å². The van der Waals surface area contributed by atoms with Gasteiger partial charge >= 0.3 is 5.97 Å². The summed E-state index contributed by atoms with van der Waals surface area (Å²) in [7, 11) is 0. The van der Waals surface area contributed by atoms with E-state index in [1.54, 1.807) is 4.68 Å². The molecule has 1 heterocycles. The minimum Gasteiger partial charge on any atom is -0.481 e. The first-order valence-corrected chi connectivity index (χ1v) is 6.28. The molecule has 0 aliphatic rings. The van der Waals surface area contributed by atoms with E-state index in [4.69, 9.17) is 0 Å². The van der Waals surface area contributed by atoms with Crippen LogP contribution >= 0.6 is 0 Å². The maximum absolute atomic E-state index is 11.2. The van der Waals surface area contributed by atoms with Gasteiger partial charge in [-0.15, -0.1) is 5.10 Å². The summed E-state index contributed by atoms with van der Waals surface area (Å²) in [6, 6.07) is 9.46. The normalized spacial score (nSPS) is 12.3. The number of para-hydroxylation sites is 1. The SMILES string of the molecule is CCCC(Cc1nnnn1-c1ccccc1)C(=O)O. The molecule has 1 aromatic heterocycles. The largest absolute Gasteiger partial charge is 0.481 e. The molecule has 0 aliphatic heterocycles. The highest BCUT2D eigenvalue weighted by Crippen LogP contribution is 2.15. The summed E-state index contributed by atoms with van der Waals surface area (Å²) in [5.41, 5.74) is 0.836. The molecule has 1 atom stereocenters. The van der Waals surface area contributed by atoms with Gasteiger partial charge < -0.3 is 5.11 Å². The van der Waals surface area contributed by atoms with Crippen molar-refractivity contribution in [2.75, 3.05) is 0 Å². The molecule has 0 fully saturated rings. The van der Waals surface area contributed by atoms with Crippen molar-refractivity contribution in [3.05, 3.63) is 36.2 Å². The number of carbonyl (C=O) groups is 1. The van der Waals surface area contributed by atoms with Gasteiger partial charge in [-0.25, -0.2) is 0 Å². The van der Waals surface area contributed by atoms with Crippen LogP contribution in [0.1, 0.15) is 25.6 Å². The highest BCUT2D eigenvalue weighted by molar-refractivity contribution is 5.70. The molecule has 1 N–H and O–H groups in total. The summed E-state index contributed by atoms with van der Waals surface area (Å²) < 4.78 is 1.59. The number of carboxylic acid groups (broad SMARTS) is 1. The fraction of sp³-hybridized carbons (Fsp3) is 0.385. The Morgan fingerprint density at radius 3 is 2.74 bits per heavy atom. The molecule has 0 amide bonds. The molecule has 19 heavy (non-hydrogen) atoms. The van der Waals surface area contributed by atoms with Gasteiger partial charge in [0.15, 0.2) is 5.82 Å². The summed E-state index contributed by atoms with van der Waals surface area (Å²) >= 11 is 0. The number of nitrogens with zero attached hydrogens (tertiary/aromatic N) is 4. The molecule has 2 rings (SSSR count). The fourth-order valence-electron chi connectivity index (χ4n) is 1.98. The molecular formula is C13H16N4O2. The predicted molar refractivity (Wildman–Crippen MR) is 68.9 cm³/mol. The lowest BCUT2D eigenvalue weighted by atomic mass is 10.00. The van der Waals surface area contributed by atoms with Crippen molar-refractivity contribution in [2.45, 2.75) is 26.2 Å². The number of benzene rings is 1. The van der Waals surface area contributed by atoms with Crippen molar-refractivity contribution in [1.82, 2.24) is 20.2 Å². The number of aliphatic carboxylic acids is 1. The summed E-state index contributed by atoms with van der Waals surface area (Å²) in [6.07, 6.45) is 1.78. The summed E-state index contributed by atoms with van der Waals surface area (Å²) in [4.78, 5) is 11.2. The van der Waals surface area contributed by atoms with Gasteiger partial charge in [-0.2, -0.15) is 4.68 Å². The van der Waals surface area contributed by atoms with Crippen molar-refractivity contribution in [3.63, 3.8) is 0 Å². The van der Waals surface area contributed by atoms with Gasteiger partial charge in [-0.3, -0.25) is 4.79 Å². The van der Waals surface area contributed by atoms with E-state index in [-0.39, 0.29) is 0 Å².